The van der Waals surface area contributed by atoms with Crippen molar-refractivity contribution >= 4 is 23.2 Å². The quantitative estimate of drug-likeness (QED) is 0.827. The lowest BCUT2D eigenvalue weighted by Gasteiger charge is -2.04. The van der Waals surface area contributed by atoms with Crippen LogP contribution in [0.1, 0.15) is 5.56 Å². The number of aryl methyl sites for hydroxylation is 1. The summed E-state index contributed by atoms with van der Waals surface area (Å²) in [7, 11) is 0. The average Bonchev–Trinajstić information content (AvgIpc) is 2.15. The first kappa shape index (κ1) is 11.1. The zero-order valence-corrected chi connectivity index (χ0v) is 9.83. The minimum absolute atomic E-state index is 0.00246. The monoisotopic (exact) mass is 255 g/mol. The van der Waals surface area contributed by atoms with E-state index in [2.05, 4.69) is 15.0 Å². The third-order valence-electron chi connectivity index (χ3n) is 1.76. The molecule has 0 bridgehead atoms. The Morgan fingerprint density at radius 1 is 1.06 bits per heavy atom. The number of aromatic nitrogens is 3. The van der Waals surface area contributed by atoms with Crippen LogP contribution in [0.4, 0.5) is 0 Å². The van der Waals surface area contributed by atoms with E-state index in [0.717, 1.165) is 5.56 Å². The molecular formula is C10H7Cl2N3O. The van der Waals surface area contributed by atoms with Crippen molar-refractivity contribution in [2.24, 2.45) is 0 Å². The van der Waals surface area contributed by atoms with Gasteiger partial charge in [0.2, 0.25) is 10.6 Å². The standard InChI is InChI=1S/C10H7Cl2N3O/c1-6-3-2-4-7(5-6)16-10-14-8(11)13-9(12)15-10/h2-5H,1H3. The van der Waals surface area contributed by atoms with Gasteiger partial charge in [-0.1, -0.05) is 12.1 Å². The van der Waals surface area contributed by atoms with Crippen molar-refractivity contribution in [1.29, 1.82) is 0 Å². The fraction of sp³-hybridized carbons (Fsp3) is 0.100. The van der Waals surface area contributed by atoms with E-state index in [0.29, 0.717) is 5.75 Å². The summed E-state index contributed by atoms with van der Waals surface area (Å²) in [4.78, 5) is 11.2. The number of hydrogen-bond donors (Lipinski definition) is 0. The van der Waals surface area contributed by atoms with Crippen LogP contribution >= 0.6 is 23.2 Å². The maximum Gasteiger partial charge on any atom is 0.327 e. The fourth-order valence-corrected chi connectivity index (χ4v) is 1.49. The van der Waals surface area contributed by atoms with Gasteiger partial charge >= 0.3 is 6.01 Å². The van der Waals surface area contributed by atoms with Gasteiger partial charge < -0.3 is 4.74 Å². The highest BCUT2D eigenvalue weighted by atomic mass is 35.5. The molecule has 1 aromatic carbocycles. The number of ether oxygens (including phenoxy) is 1. The smallest absolute Gasteiger partial charge is 0.327 e. The minimum Gasteiger partial charge on any atom is -0.424 e. The molecule has 0 N–H and O–H groups in total. The highest BCUT2D eigenvalue weighted by Crippen LogP contribution is 2.20. The molecule has 0 amide bonds. The second kappa shape index (κ2) is 4.63. The van der Waals surface area contributed by atoms with Crippen LogP contribution in [-0.2, 0) is 0 Å². The summed E-state index contributed by atoms with van der Waals surface area (Å²) in [6, 6.07) is 7.55. The SMILES string of the molecule is Cc1cccc(Oc2nc(Cl)nc(Cl)n2)c1. The first-order chi connectivity index (χ1) is 7.63. The van der Waals surface area contributed by atoms with E-state index in [9.17, 15) is 0 Å². The minimum atomic E-state index is 0.00246. The highest BCUT2D eigenvalue weighted by molar-refractivity contribution is 6.31. The van der Waals surface area contributed by atoms with Crippen LogP contribution < -0.4 is 4.74 Å². The van der Waals surface area contributed by atoms with E-state index in [4.69, 9.17) is 27.9 Å². The maximum absolute atomic E-state index is 5.62. The van der Waals surface area contributed by atoms with Gasteiger partial charge in [0.15, 0.2) is 0 Å². The van der Waals surface area contributed by atoms with Crippen molar-refractivity contribution < 1.29 is 4.74 Å². The Bertz CT molecular complexity index is 499. The van der Waals surface area contributed by atoms with Gasteiger partial charge in [0, 0.05) is 0 Å². The Morgan fingerprint density at radius 2 is 1.75 bits per heavy atom. The first-order valence-electron chi connectivity index (χ1n) is 4.45. The molecule has 0 saturated heterocycles. The third kappa shape index (κ3) is 2.81. The molecule has 6 heteroatoms. The number of rotatable bonds is 2. The van der Waals surface area contributed by atoms with E-state index < -0.39 is 0 Å². The Morgan fingerprint density at radius 3 is 2.38 bits per heavy atom. The third-order valence-corrected chi connectivity index (χ3v) is 2.10. The topological polar surface area (TPSA) is 47.9 Å². The predicted molar refractivity (Wildman–Crippen MR) is 61.1 cm³/mol. The lowest BCUT2D eigenvalue weighted by atomic mass is 10.2. The molecule has 1 aromatic heterocycles. The first-order valence-corrected chi connectivity index (χ1v) is 5.21. The van der Waals surface area contributed by atoms with Crippen LogP contribution in [0.3, 0.4) is 0 Å². The molecule has 16 heavy (non-hydrogen) atoms. The summed E-state index contributed by atoms with van der Waals surface area (Å²) in [6.07, 6.45) is 0. The highest BCUT2D eigenvalue weighted by Gasteiger charge is 2.05. The summed E-state index contributed by atoms with van der Waals surface area (Å²) in [5.74, 6) is 0.623. The molecule has 0 spiro atoms. The van der Waals surface area contributed by atoms with Crippen molar-refractivity contribution in [2.75, 3.05) is 0 Å². The van der Waals surface area contributed by atoms with Crippen LogP contribution in [0.5, 0.6) is 11.8 Å². The van der Waals surface area contributed by atoms with Crippen LogP contribution in [-0.4, -0.2) is 15.0 Å². The molecular weight excluding hydrogens is 249 g/mol. The van der Waals surface area contributed by atoms with E-state index in [1.165, 1.54) is 0 Å². The van der Waals surface area contributed by atoms with Crippen molar-refractivity contribution in [3.8, 4) is 11.8 Å². The van der Waals surface area contributed by atoms with Crippen LogP contribution in [0.15, 0.2) is 24.3 Å². The second-order valence-corrected chi connectivity index (χ2v) is 3.75. The number of hydrogen-bond acceptors (Lipinski definition) is 4. The van der Waals surface area contributed by atoms with Gasteiger partial charge in [-0.25, -0.2) is 0 Å². The fourth-order valence-electron chi connectivity index (χ4n) is 1.14. The van der Waals surface area contributed by atoms with Gasteiger partial charge in [-0.05, 0) is 47.8 Å². The summed E-state index contributed by atoms with van der Waals surface area (Å²) in [5.41, 5.74) is 1.07. The molecule has 0 aliphatic heterocycles. The Labute approximate surface area is 102 Å². The molecule has 0 fully saturated rings. The van der Waals surface area contributed by atoms with Gasteiger partial charge in [0.05, 0.1) is 0 Å². The summed E-state index contributed by atoms with van der Waals surface area (Å²) >= 11 is 11.2. The van der Waals surface area contributed by atoms with Crippen LogP contribution in [0, 0.1) is 6.92 Å². The van der Waals surface area contributed by atoms with E-state index >= 15 is 0 Å². The number of benzene rings is 1. The van der Waals surface area contributed by atoms with Crippen LogP contribution in [0.25, 0.3) is 0 Å². The molecule has 4 nitrogen and oxygen atoms in total. The molecule has 0 unspecified atom stereocenters. The lowest BCUT2D eigenvalue weighted by molar-refractivity contribution is 0.439. The Kier molecular flexibility index (Phi) is 3.22. The number of nitrogens with zero attached hydrogens (tertiary/aromatic N) is 3. The molecule has 2 aromatic rings. The van der Waals surface area contributed by atoms with Gasteiger partial charge in [0.25, 0.3) is 0 Å². The molecule has 0 aliphatic rings. The van der Waals surface area contributed by atoms with Crippen LogP contribution in [0.2, 0.25) is 10.6 Å². The molecule has 0 aliphatic carbocycles. The van der Waals surface area contributed by atoms with Crippen molar-refractivity contribution in [1.82, 2.24) is 15.0 Å². The summed E-state index contributed by atoms with van der Waals surface area (Å²) in [5, 5.41) is 0.00491. The maximum atomic E-state index is 5.62. The van der Waals surface area contributed by atoms with Gasteiger partial charge in [0.1, 0.15) is 5.75 Å². The number of halogens is 2. The Hall–Kier alpha value is -1.39. The zero-order valence-electron chi connectivity index (χ0n) is 8.32. The van der Waals surface area contributed by atoms with Gasteiger partial charge in [-0.15, -0.1) is 0 Å². The van der Waals surface area contributed by atoms with Gasteiger partial charge in [-0.3, -0.25) is 0 Å². The molecule has 2 rings (SSSR count). The van der Waals surface area contributed by atoms with E-state index in [-0.39, 0.29) is 16.6 Å². The zero-order chi connectivity index (χ0) is 11.5. The average molecular weight is 256 g/mol. The summed E-state index contributed by atoms with van der Waals surface area (Å²) in [6.45, 7) is 1.96. The predicted octanol–water partition coefficient (Wildman–Crippen LogP) is 3.28. The van der Waals surface area contributed by atoms with E-state index in [1.807, 2.05) is 25.1 Å². The molecule has 0 radical (unpaired) electrons. The second-order valence-electron chi connectivity index (χ2n) is 3.07. The molecule has 0 saturated carbocycles. The largest absolute Gasteiger partial charge is 0.424 e. The van der Waals surface area contributed by atoms with Crippen molar-refractivity contribution in [2.45, 2.75) is 6.92 Å². The summed E-state index contributed by atoms with van der Waals surface area (Å²) < 4.78 is 5.39. The van der Waals surface area contributed by atoms with Crippen molar-refractivity contribution in [3.63, 3.8) is 0 Å². The molecule has 0 atom stereocenters. The molecule has 82 valence electrons. The Balaban J connectivity index is 2.27. The van der Waals surface area contributed by atoms with Gasteiger partial charge in [-0.2, -0.15) is 15.0 Å². The lowest BCUT2D eigenvalue weighted by Crippen LogP contribution is -1.95. The normalized spacial score (nSPS) is 10.2. The molecule has 1 heterocycles. The van der Waals surface area contributed by atoms with E-state index in [1.54, 1.807) is 6.07 Å². The van der Waals surface area contributed by atoms with Crippen molar-refractivity contribution in [3.05, 3.63) is 40.4 Å².